The van der Waals surface area contributed by atoms with Crippen molar-refractivity contribution in [1.29, 1.82) is 0 Å². The number of carbonyl (C=O) groups is 1. The van der Waals surface area contributed by atoms with Gasteiger partial charge in [0.15, 0.2) is 15.6 Å². The lowest BCUT2D eigenvalue weighted by Crippen LogP contribution is -2.13. The SMILES string of the molecule is CS(=O)(=O)c1ccc(Cn2ccc3c2CCCC3=O)cc1. The van der Waals surface area contributed by atoms with Gasteiger partial charge in [0.1, 0.15) is 0 Å². The molecule has 1 aromatic carbocycles. The molecule has 0 saturated heterocycles. The van der Waals surface area contributed by atoms with Crippen LogP contribution in [0, 0.1) is 0 Å². The number of benzene rings is 1. The van der Waals surface area contributed by atoms with Crippen molar-refractivity contribution in [3.8, 4) is 0 Å². The normalized spacial score (nSPS) is 15.0. The second kappa shape index (κ2) is 5.15. The van der Waals surface area contributed by atoms with E-state index in [1.54, 1.807) is 12.1 Å². The molecular formula is C16H17NO3S. The number of carbonyl (C=O) groups excluding carboxylic acids is 1. The molecule has 0 saturated carbocycles. The number of nitrogens with zero attached hydrogens (tertiary/aromatic N) is 1. The zero-order valence-electron chi connectivity index (χ0n) is 11.9. The molecule has 0 unspecified atom stereocenters. The number of rotatable bonds is 3. The Kier molecular flexibility index (Phi) is 3.45. The summed E-state index contributed by atoms with van der Waals surface area (Å²) in [5.74, 6) is 0.224. The van der Waals surface area contributed by atoms with E-state index >= 15 is 0 Å². The summed E-state index contributed by atoms with van der Waals surface area (Å²) in [5, 5.41) is 0. The summed E-state index contributed by atoms with van der Waals surface area (Å²) < 4.78 is 25.0. The Bertz CT molecular complexity index is 785. The maximum Gasteiger partial charge on any atom is 0.175 e. The highest BCUT2D eigenvalue weighted by Gasteiger charge is 2.20. The lowest BCUT2D eigenvalue weighted by Gasteiger charge is -2.15. The molecule has 1 aliphatic rings. The Hall–Kier alpha value is -1.88. The van der Waals surface area contributed by atoms with Gasteiger partial charge in [-0.25, -0.2) is 8.42 Å². The molecule has 21 heavy (non-hydrogen) atoms. The number of sulfone groups is 1. The predicted octanol–water partition coefficient (Wildman–Crippen LogP) is 2.46. The van der Waals surface area contributed by atoms with Gasteiger partial charge in [0.25, 0.3) is 0 Å². The van der Waals surface area contributed by atoms with Crippen molar-refractivity contribution in [3.05, 3.63) is 53.3 Å². The van der Waals surface area contributed by atoms with Crippen LogP contribution < -0.4 is 0 Å². The summed E-state index contributed by atoms with van der Waals surface area (Å²) in [7, 11) is -3.15. The maximum absolute atomic E-state index is 11.8. The van der Waals surface area contributed by atoms with Crippen LogP contribution in [0.25, 0.3) is 0 Å². The molecule has 0 aliphatic heterocycles. The van der Waals surface area contributed by atoms with E-state index < -0.39 is 9.84 Å². The molecule has 1 aliphatic carbocycles. The van der Waals surface area contributed by atoms with E-state index in [0.717, 1.165) is 29.7 Å². The quantitative estimate of drug-likeness (QED) is 0.875. The van der Waals surface area contributed by atoms with Crippen LogP contribution in [0.3, 0.4) is 0 Å². The van der Waals surface area contributed by atoms with Crippen LogP contribution in [-0.4, -0.2) is 25.0 Å². The smallest absolute Gasteiger partial charge is 0.175 e. The van der Waals surface area contributed by atoms with Crippen molar-refractivity contribution in [3.63, 3.8) is 0 Å². The molecule has 3 rings (SSSR count). The number of hydrogen-bond acceptors (Lipinski definition) is 3. The molecule has 1 heterocycles. The summed E-state index contributed by atoms with van der Waals surface area (Å²) in [5.41, 5.74) is 2.96. The van der Waals surface area contributed by atoms with Gasteiger partial charge in [-0.1, -0.05) is 12.1 Å². The molecule has 1 aromatic heterocycles. The zero-order chi connectivity index (χ0) is 15.0. The molecule has 0 atom stereocenters. The van der Waals surface area contributed by atoms with Gasteiger partial charge in [0.2, 0.25) is 0 Å². The van der Waals surface area contributed by atoms with Crippen LogP contribution in [0.2, 0.25) is 0 Å². The van der Waals surface area contributed by atoms with Crippen LogP contribution in [0.15, 0.2) is 41.4 Å². The number of fused-ring (bicyclic) bond motifs is 1. The topological polar surface area (TPSA) is 56.1 Å². The second-order valence-electron chi connectivity index (χ2n) is 5.50. The molecule has 0 fully saturated rings. The van der Waals surface area contributed by atoms with Gasteiger partial charge in [0.05, 0.1) is 4.90 Å². The monoisotopic (exact) mass is 303 g/mol. The second-order valence-corrected chi connectivity index (χ2v) is 7.51. The summed E-state index contributed by atoms with van der Waals surface area (Å²) >= 11 is 0. The summed E-state index contributed by atoms with van der Waals surface area (Å²) in [6.07, 6.45) is 5.62. The van der Waals surface area contributed by atoms with Gasteiger partial charge >= 0.3 is 0 Å². The predicted molar refractivity (Wildman–Crippen MR) is 80.4 cm³/mol. The van der Waals surface area contributed by atoms with Crippen LogP contribution >= 0.6 is 0 Å². The van der Waals surface area contributed by atoms with Crippen molar-refractivity contribution >= 4 is 15.6 Å². The molecule has 0 N–H and O–H groups in total. The van der Waals surface area contributed by atoms with E-state index in [4.69, 9.17) is 0 Å². The minimum absolute atomic E-state index is 0.224. The molecule has 5 heteroatoms. The Morgan fingerprint density at radius 2 is 1.81 bits per heavy atom. The lowest BCUT2D eigenvalue weighted by molar-refractivity contribution is 0.0972. The number of aromatic nitrogens is 1. The minimum Gasteiger partial charge on any atom is -0.346 e. The van der Waals surface area contributed by atoms with E-state index in [1.807, 2.05) is 24.4 Å². The highest BCUT2D eigenvalue weighted by molar-refractivity contribution is 7.90. The Morgan fingerprint density at radius 1 is 1.10 bits per heavy atom. The lowest BCUT2D eigenvalue weighted by atomic mass is 9.97. The first-order valence-corrected chi connectivity index (χ1v) is 8.84. The minimum atomic E-state index is -3.15. The molecule has 0 spiro atoms. The van der Waals surface area contributed by atoms with Crippen molar-refractivity contribution in [1.82, 2.24) is 4.57 Å². The summed E-state index contributed by atoms with van der Waals surface area (Å²) in [4.78, 5) is 12.2. The van der Waals surface area contributed by atoms with E-state index in [2.05, 4.69) is 4.57 Å². The first-order valence-electron chi connectivity index (χ1n) is 6.95. The average Bonchev–Trinajstić information content (AvgIpc) is 2.83. The fourth-order valence-corrected chi connectivity index (χ4v) is 3.41. The fraction of sp³-hybridized carbons (Fsp3) is 0.312. The first-order chi connectivity index (χ1) is 9.95. The summed E-state index contributed by atoms with van der Waals surface area (Å²) in [6, 6.07) is 8.81. The maximum atomic E-state index is 11.8. The molecule has 4 nitrogen and oxygen atoms in total. The van der Waals surface area contributed by atoms with E-state index in [-0.39, 0.29) is 5.78 Å². The van der Waals surface area contributed by atoms with Crippen molar-refractivity contribution in [2.75, 3.05) is 6.26 Å². The third-order valence-corrected chi connectivity index (χ3v) is 5.03. The highest BCUT2D eigenvalue weighted by Crippen LogP contribution is 2.23. The molecule has 110 valence electrons. The molecule has 2 aromatic rings. The molecule has 0 amide bonds. The zero-order valence-corrected chi connectivity index (χ0v) is 12.7. The fourth-order valence-electron chi connectivity index (χ4n) is 2.78. The van der Waals surface area contributed by atoms with Crippen LogP contribution in [0.5, 0.6) is 0 Å². The van der Waals surface area contributed by atoms with Gasteiger partial charge in [-0.15, -0.1) is 0 Å². The van der Waals surface area contributed by atoms with E-state index in [0.29, 0.717) is 17.9 Å². The number of hydrogen-bond donors (Lipinski definition) is 0. The van der Waals surface area contributed by atoms with Crippen molar-refractivity contribution in [2.24, 2.45) is 0 Å². The molecular weight excluding hydrogens is 286 g/mol. The van der Waals surface area contributed by atoms with Crippen LogP contribution in [0.4, 0.5) is 0 Å². The third-order valence-electron chi connectivity index (χ3n) is 3.90. The van der Waals surface area contributed by atoms with Gasteiger partial charge in [0, 0.05) is 36.7 Å². The molecule has 0 bridgehead atoms. The Labute approximate surface area is 124 Å². The Morgan fingerprint density at radius 3 is 2.48 bits per heavy atom. The average molecular weight is 303 g/mol. The number of ketones is 1. The molecule has 0 radical (unpaired) electrons. The number of Topliss-reactive ketones (excluding diaryl/α,β-unsaturated/α-hetero) is 1. The first kappa shape index (κ1) is 14.1. The van der Waals surface area contributed by atoms with Crippen LogP contribution in [0.1, 0.15) is 34.5 Å². The highest BCUT2D eigenvalue weighted by atomic mass is 32.2. The van der Waals surface area contributed by atoms with E-state index in [1.165, 1.54) is 6.26 Å². The third kappa shape index (κ3) is 2.78. The summed E-state index contributed by atoms with van der Waals surface area (Å²) in [6.45, 7) is 0.659. The largest absolute Gasteiger partial charge is 0.346 e. The van der Waals surface area contributed by atoms with Gasteiger partial charge in [-0.3, -0.25) is 4.79 Å². The van der Waals surface area contributed by atoms with Gasteiger partial charge in [-0.05, 0) is 36.6 Å². The Balaban J connectivity index is 1.86. The standard InChI is InChI=1S/C16H17NO3S/c1-21(19,20)13-7-5-12(6-8-13)11-17-10-9-14-15(17)3-2-4-16(14)18/h5-10H,2-4,11H2,1H3. The van der Waals surface area contributed by atoms with Crippen molar-refractivity contribution < 1.29 is 13.2 Å². The van der Waals surface area contributed by atoms with Crippen LogP contribution in [-0.2, 0) is 22.8 Å². The van der Waals surface area contributed by atoms with Gasteiger partial charge < -0.3 is 4.57 Å². The van der Waals surface area contributed by atoms with E-state index in [9.17, 15) is 13.2 Å². The van der Waals surface area contributed by atoms with Gasteiger partial charge in [-0.2, -0.15) is 0 Å². The van der Waals surface area contributed by atoms with Crippen molar-refractivity contribution in [2.45, 2.75) is 30.7 Å².